The maximum atomic E-state index is 5.68. The van der Waals surface area contributed by atoms with Gasteiger partial charge in [-0.2, -0.15) is 0 Å². The molecule has 2 rings (SSSR count). The monoisotopic (exact) mass is 232 g/mol. The van der Waals surface area contributed by atoms with Gasteiger partial charge in [0, 0.05) is 5.69 Å². The Hall–Kier alpha value is -1.35. The lowest BCUT2D eigenvalue weighted by atomic mass is 10.1. The standard InChI is InChI=1S/C13H16N2S/c1-3-4-12-15-9(2)13(16-12)10-5-7-11(14)8-6-10/h5-8H,3-4,14H2,1-2H3. The average molecular weight is 232 g/mol. The van der Waals surface area contributed by atoms with Crippen molar-refractivity contribution >= 4 is 17.0 Å². The van der Waals surface area contributed by atoms with Crippen molar-refractivity contribution < 1.29 is 0 Å². The number of nitrogens with zero attached hydrogens (tertiary/aromatic N) is 1. The number of benzene rings is 1. The van der Waals surface area contributed by atoms with Crippen molar-refractivity contribution in [3.63, 3.8) is 0 Å². The quantitative estimate of drug-likeness (QED) is 0.820. The van der Waals surface area contributed by atoms with Crippen LogP contribution in [0.4, 0.5) is 5.69 Å². The smallest absolute Gasteiger partial charge is 0.0934 e. The molecule has 0 amide bonds. The molecule has 0 radical (unpaired) electrons. The SMILES string of the molecule is CCCc1nc(C)c(-c2ccc(N)cc2)s1. The lowest BCUT2D eigenvalue weighted by Gasteiger charge is -1.98. The first-order chi connectivity index (χ1) is 7.70. The van der Waals surface area contributed by atoms with Crippen LogP contribution in [0.1, 0.15) is 24.0 Å². The van der Waals surface area contributed by atoms with Crippen LogP contribution in [0.25, 0.3) is 10.4 Å². The molecule has 1 aromatic carbocycles. The van der Waals surface area contributed by atoms with Crippen molar-refractivity contribution in [3.05, 3.63) is 35.0 Å². The van der Waals surface area contributed by atoms with E-state index in [4.69, 9.17) is 5.73 Å². The second-order valence-corrected chi connectivity index (χ2v) is 4.98. The number of thiazole rings is 1. The number of hydrogen-bond acceptors (Lipinski definition) is 3. The highest BCUT2D eigenvalue weighted by Crippen LogP contribution is 2.30. The first-order valence-electron chi connectivity index (χ1n) is 5.53. The van der Waals surface area contributed by atoms with Crippen LogP contribution < -0.4 is 5.73 Å². The van der Waals surface area contributed by atoms with Crippen molar-refractivity contribution in [1.82, 2.24) is 4.98 Å². The first kappa shape index (κ1) is 11.1. The zero-order chi connectivity index (χ0) is 11.5. The Morgan fingerprint density at radius 1 is 1.25 bits per heavy atom. The Balaban J connectivity index is 2.36. The summed E-state index contributed by atoms with van der Waals surface area (Å²) >= 11 is 1.79. The van der Waals surface area contributed by atoms with Crippen molar-refractivity contribution in [1.29, 1.82) is 0 Å². The summed E-state index contributed by atoms with van der Waals surface area (Å²) in [5.74, 6) is 0. The minimum Gasteiger partial charge on any atom is -0.399 e. The fourth-order valence-electron chi connectivity index (χ4n) is 1.68. The number of hydrogen-bond donors (Lipinski definition) is 1. The zero-order valence-electron chi connectivity index (χ0n) is 9.66. The van der Waals surface area contributed by atoms with Crippen LogP contribution in [0.3, 0.4) is 0 Å². The number of nitrogens with two attached hydrogens (primary N) is 1. The molecule has 2 N–H and O–H groups in total. The number of rotatable bonds is 3. The molecule has 0 spiro atoms. The summed E-state index contributed by atoms with van der Waals surface area (Å²) in [6, 6.07) is 8.00. The van der Waals surface area contributed by atoms with E-state index in [1.165, 1.54) is 15.4 Å². The summed E-state index contributed by atoms with van der Waals surface area (Å²) in [6.07, 6.45) is 2.22. The molecular formula is C13H16N2S. The van der Waals surface area contributed by atoms with E-state index in [0.29, 0.717) is 0 Å². The van der Waals surface area contributed by atoms with E-state index in [1.54, 1.807) is 11.3 Å². The van der Waals surface area contributed by atoms with Gasteiger partial charge in [-0.15, -0.1) is 11.3 Å². The van der Waals surface area contributed by atoms with Crippen molar-refractivity contribution in [2.24, 2.45) is 0 Å². The lowest BCUT2D eigenvalue weighted by Crippen LogP contribution is -1.83. The number of anilines is 1. The average Bonchev–Trinajstić information content (AvgIpc) is 2.61. The van der Waals surface area contributed by atoms with Gasteiger partial charge in [0.2, 0.25) is 0 Å². The second-order valence-electron chi connectivity index (χ2n) is 3.89. The molecular weight excluding hydrogens is 216 g/mol. The van der Waals surface area contributed by atoms with Gasteiger partial charge in [-0.05, 0) is 37.5 Å². The minimum absolute atomic E-state index is 0.805. The molecule has 0 bridgehead atoms. The van der Waals surface area contributed by atoms with E-state index in [-0.39, 0.29) is 0 Å². The Labute approximate surface area is 100 Å². The summed E-state index contributed by atoms with van der Waals surface area (Å²) in [5.41, 5.74) is 8.83. The highest BCUT2D eigenvalue weighted by atomic mass is 32.1. The number of aromatic nitrogens is 1. The summed E-state index contributed by atoms with van der Waals surface area (Å²) in [5, 5.41) is 1.23. The fourth-order valence-corrected chi connectivity index (χ4v) is 2.85. The van der Waals surface area contributed by atoms with Crippen molar-refractivity contribution in [2.75, 3.05) is 5.73 Å². The summed E-state index contributed by atoms with van der Waals surface area (Å²) in [4.78, 5) is 5.85. The fraction of sp³-hybridized carbons (Fsp3) is 0.308. The molecule has 2 aromatic rings. The minimum atomic E-state index is 0.805. The molecule has 3 heteroatoms. The summed E-state index contributed by atoms with van der Waals surface area (Å²) in [7, 11) is 0. The van der Waals surface area contributed by atoms with Crippen molar-refractivity contribution in [3.8, 4) is 10.4 Å². The molecule has 0 aliphatic carbocycles. The molecule has 0 unspecified atom stereocenters. The van der Waals surface area contributed by atoms with Gasteiger partial charge in [0.15, 0.2) is 0 Å². The van der Waals surface area contributed by atoms with Crippen LogP contribution >= 0.6 is 11.3 Å². The molecule has 0 atom stereocenters. The molecule has 0 saturated carbocycles. The van der Waals surface area contributed by atoms with Gasteiger partial charge in [-0.3, -0.25) is 0 Å². The molecule has 16 heavy (non-hydrogen) atoms. The van der Waals surface area contributed by atoms with Crippen LogP contribution in [-0.4, -0.2) is 4.98 Å². The molecule has 0 fully saturated rings. The Morgan fingerprint density at radius 2 is 1.94 bits per heavy atom. The predicted octanol–water partition coefficient (Wildman–Crippen LogP) is 3.65. The number of aryl methyl sites for hydroxylation is 2. The summed E-state index contributed by atoms with van der Waals surface area (Å²) in [6.45, 7) is 4.25. The molecule has 0 aliphatic heterocycles. The van der Waals surface area contributed by atoms with Gasteiger partial charge in [0.25, 0.3) is 0 Å². The molecule has 1 heterocycles. The van der Waals surface area contributed by atoms with Gasteiger partial charge in [0.05, 0.1) is 15.6 Å². The third-order valence-electron chi connectivity index (χ3n) is 2.48. The maximum Gasteiger partial charge on any atom is 0.0934 e. The van der Waals surface area contributed by atoms with Crippen LogP contribution in [0, 0.1) is 6.92 Å². The van der Waals surface area contributed by atoms with Crippen molar-refractivity contribution in [2.45, 2.75) is 26.7 Å². The molecule has 84 valence electrons. The largest absolute Gasteiger partial charge is 0.399 e. The van der Waals surface area contributed by atoms with Gasteiger partial charge >= 0.3 is 0 Å². The normalized spacial score (nSPS) is 10.6. The maximum absolute atomic E-state index is 5.68. The third kappa shape index (κ3) is 2.25. The van der Waals surface area contributed by atoms with Crippen LogP contribution in [0.5, 0.6) is 0 Å². The van der Waals surface area contributed by atoms with E-state index in [1.807, 2.05) is 12.1 Å². The Bertz CT molecular complexity index is 471. The van der Waals surface area contributed by atoms with E-state index >= 15 is 0 Å². The van der Waals surface area contributed by atoms with Gasteiger partial charge in [-0.25, -0.2) is 4.98 Å². The van der Waals surface area contributed by atoms with E-state index in [0.717, 1.165) is 24.2 Å². The van der Waals surface area contributed by atoms with E-state index in [2.05, 4.69) is 31.0 Å². The topological polar surface area (TPSA) is 38.9 Å². The van der Waals surface area contributed by atoms with Crippen LogP contribution in [0.15, 0.2) is 24.3 Å². The lowest BCUT2D eigenvalue weighted by molar-refractivity contribution is 0.903. The van der Waals surface area contributed by atoms with Crippen LogP contribution in [0.2, 0.25) is 0 Å². The predicted molar refractivity (Wildman–Crippen MR) is 70.7 cm³/mol. The van der Waals surface area contributed by atoms with E-state index in [9.17, 15) is 0 Å². The molecule has 0 aliphatic rings. The third-order valence-corrected chi connectivity index (χ3v) is 3.74. The zero-order valence-corrected chi connectivity index (χ0v) is 10.5. The molecule has 0 saturated heterocycles. The summed E-state index contributed by atoms with van der Waals surface area (Å²) < 4.78 is 0. The highest BCUT2D eigenvalue weighted by Gasteiger charge is 2.08. The first-order valence-corrected chi connectivity index (χ1v) is 6.34. The van der Waals surface area contributed by atoms with Gasteiger partial charge < -0.3 is 5.73 Å². The van der Waals surface area contributed by atoms with Crippen LogP contribution in [-0.2, 0) is 6.42 Å². The van der Waals surface area contributed by atoms with E-state index < -0.39 is 0 Å². The highest BCUT2D eigenvalue weighted by molar-refractivity contribution is 7.15. The second kappa shape index (κ2) is 4.66. The Kier molecular flexibility index (Phi) is 3.25. The molecule has 2 nitrogen and oxygen atoms in total. The van der Waals surface area contributed by atoms with Gasteiger partial charge in [0.1, 0.15) is 0 Å². The number of nitrogen functional groups attached to an aromatic ring is 1. The van der Waals surface area contributed by atoms with Gasteiger partial charge in [-0.1, -0.05) is 19.1 Å². The molecule has 1 aromatic heterocycles. The Morgan fingerprint density at radius 3 is 2.56 bits per heavy atom.